The average molecular weight is 432 g/mol. The zero-order chi connectivity index (χ0) is 19.3. The molecule has 1 aromatic rings. The molecule has 2 rings (SSSR count). The van der Waals surface area contributed by atoms with Crippen LogP contribution in [0, 0.1) is 0 Å². The maximum Gasteiger partial charge on any atom is 0.336 e. The molecule has 2 heterocycles. The first-order valence-corrected chi connectivity index (χ1v) is 10.2. The average Bonchev–Trinajstić information content (AvgIpc) is 2.94. The Balaban J connectivity index is 1.98. The first-order chi connectivity index (χ1) is 12.3. The standard InChI is InChI=1S/C10H15N2O11P3/c13-3-5-2-12(10(16)11-9(5)15)8-1-6(14)7(21-8)4-20-25(18)23-26(19)22-24-17/h2,6-8,13-14,25-26H,1,3-4H2,(H,11,15,16). The van der Waals surface area contributed by atoms with E-state index in [0.717, 1.165) is 10.8 Å². The zero-order valence-corrected chi connectivity index (χ0v) is 15.8. The molecule has 1 fully saturated rings. The van der Waals surface area contributed by atoms with E-state index in [-0.39, 0.29) is 12.0 Å². The van der Waals surface area contributed by atoms with E-state index in [4.69, 9.17) is 14.4 Å². The summed E-state index contributed by atoms with van der Waals surface area (Å²) < 4.78 is 52.1. The second-order valence-corrected chi connectivity index (χ2v) is 7.97. The van der Waals surface area contributed by atoms with Crippen LogP contribution in [0.5, 0.6) is 0 Å². The summed E-state index contributed by atoms with van der Waals surface area (Å²) in [4.78, 5) is 25.3. The first kappa shape index (κ1) is 21.3. The number of nitrogens with one attached hydrogen (secondary N) is 1. The van der Waals surface area contributed by atoms with Gasteiger partial charge < -0.3 is 19.5 Å². The summed E-state index contributed by atoms with van der Waals surface area (Å²) >= 11 is 0. The lowest BCUT2D eigenvalue weighted by Crippen LogP contribution is -2.34. The van der Waals surface area contributed by atoms with Crippen LogP contribution in [0.4, 0.5) is 0 Å². The third-order valence-corrected chi connectivity index (χ3v) is 6.00. The van der Waals surface area contributed by atoms with Crippen molar-refractivity contribution in [1.82, 2.24) is 9.55 Å². The lowest BCUT2D eigenvalue weighted by molar-refractivity contribution is -0.0412. The number of H-pyrrole nitrogens is 1. The van der Waals surface area contributed by atoms with Crippen molar-refractivity contribution in [3.63, 3.8) is 0 Å². The lowest BCUT2D eigenvalue weighted by atomic mass is 10.2. The van der Waals surface area contributed by atoms with Crippen LogP contribution in [-0.4, -0.2) is 38.6 Å². The van der Waals surface area contributed by atoms with Gasteiger partial charge in [-0.2, -0.15) is 0 Å². The van der Waals surface area contributed by atoms with Crippen molar-refractivity contribution in [1.29, 1.82) is 0 Å². The van der Waals surface area contributed by atoms with Gasteiger partial charge in [0.2, 0.25) is 0 Å². The number of hydrogen-bond donors (Lipinski definition) is 3. The molecule has 3 N–H and O–H groups in total. The highest BCUT2D eigenvalue weighted by Crippen LogP contribution is 2.42. The summed E-state index contributed by atoms with van der Waals surface area (Å²) in [7, 11) is -7.40. The maximum absolute atomic E-state index is 11.9. The molecule has 0 bridgehead atoms. The Morgan fingerprint density at radius 1 is 1.38 bits per heavy atom. The van der Waals surface area contributed by atoms with Crippen molar-refractivity contribution in [3.8, 4) is 0 Å². The molecule has 0 amide bonds. The quantitative estimate of drug-likeness (QED) is 0.436. The van der Waals surface area contributed by atoms with Gasteiger partial charge >= 0.3 is 30.9 Å². The molecule has 0 saturated carbocycles. The number of nitrogens with zero attached hydrogens (tertiary/aromatic N) is 1. The SMILES string of the molecule is O=PO[PH](=O)O[PH](=O)OCC1OC(n2cc(CO)c(=O)[nH]c2=O)CC1O. The van der Waals surface area contributed by atoms with Crippen LogP contribution >= 0.6 is 25.2 Å². The highest BCUT2D eigenvalue weighted by molar-refractivity contribution is 7.50. The lowest BCUT2D eigenvalue weighted by Gasteiger charge is -2.16. The zero-order valence-electron chi connectivity index (χ0n) is 12.9. The van der Waals surface area contributed by atoms with Crippen molar-refractivity contribution in [2.24, 2.45) is 0 Å². The molecule has 0 radical (unpaired) electrons. The Hall–Kier alpha value is -1.00. The molecule has 146 valence electrons. The predicted molar refractivity (Wildman–Crippen MR) is 85.5 cm³/mol. The minimum Gasteiger partial charge on any atom is -0.391 e. The summed E-state index contributed by atoms with van der Waals surface area (Å²) in [6, 6.07) is 0. The first-order valence-electron chi connectivity index (χ1n) is 7.02. The summed E-state index contributed by atoms with van der Waals surface area (Å²) in [5, 5.41) is 19.1. The molecule has 1 aliphatic rings. The van der Waals surface area contributed by atoms with Crippen LogP contribution in [0.3, 0.4) is 0 Å². The number of aliphatic hydroxyl groups excluding tert-OH is 2. The van der Waals surface area contributed by atoms with E-state index in [1.807, 2.05) is 4.98 Å². The second-order valence-electron chi connectivity index (χ2n) is 4.99. The highest BCUT2D eigenvalue weighted by atomic mass is 31.2. The number of hydrogen-bond acceptors (Lipinski definition) is 11. The monoisotopic (exact) mass is 432 g/mol. The smallest absolute Gasteiger partial charge is 0.336 e. The van der Waals surface area contributed by atoms with Gasteiger partial charge in [0.25, 0.3) is 5.56 Å². The molecule has 1 saturated heterocycles. The van der Waals surface area contributed by atoms with Gasteiger partial charge in [0.05, 0.1) is 24.9 Å². The van der Waals surface area contributed by atoms with Crippen LogP contribution in [0.2, 0.25) is 0 Å². The minimum atomic E-state index is -3.25. The van der Waals surface area contributed by atoms with Gasteiger partial charge in [-0.1, -0.05) is 0 Å². The van der Waals surface area contributed by atoms with Gasteiger partial charge in [-0.25, -0.2) is 18.0 Å². The molecule has 26 heavy (non-hydrogen) atoms. The summed E-state index contributed by atoms with van der Waals surface area (Å²) in [5.74, 6) is 0. The Morgan fingerprint density at radius 3 is 2.77 bits per heavy atom. The molecule has 1 aliphatic heterocycles. The number of aromatic amines is 1. The van der Waals surface area contributed by atoms with Crippen molar-refractivity contribution in [2.45, 2.75) is 31.5 Å². The molecule has 0 aromatic carbocycles. The summed E-state index contributed by atoms with van der Waals surface area (Å²) in [6.07, 6.45) is -1.98. The number of aliphatic hydroxyl groups is 2. The van der Waals surface area contributed by atoms with Crippen molar-refractivity contribution in [3.05, 3.63) is 32.6 Å². The fraction of sp³-hybridized carbons (Fsp3) is 0.600. The fourth-order valence-electron chi connectivity index (χ4n) is 2.19. The Kier molecular flexibility index (Phi) is 8.03. The number of rotatable bonds is 9. The van der Waals surface area contributed by atoms with Crippen LogP contribution in [0.1, 0.15) is 18.2 Å². The number of ether oxygens (including phenoxy) is 1. The normalized spacial score (nSPS) is 25.4. The topological polar surface area (TPSA) is 183 Å². The second kappa shape index (κ2) is 9.80. The maximum atomic E-state index is 11.9. The molecule has 13 nitrogen and oxygen atoms in total. The molecular formula is C10H15N2O11P3. The van der Waals surface area contributed by atoms with Crippen molar-refractivity contribution < 1.29 is 41.8 Å². The molecule has 5 unspecified atom stereocenters. The fourth-order valence-corrected chi connectivity index (χ4v) is 3.99. The van der Waals surface area contributed by atoms with E-state index in [9.17, 15) is 28.4 Å². The minimum absolute atomic E-state index is 0.0403. The van der Waals surface area contributed by atoms with Crippen molar-refractivity contribution >= 4 is 25.2 Å². The molecule has 1 aromatic heterocycles. The summed E-state index contributed by atoms with van der Waals surface area (Å²) in [6.45, 7) is -1.01. The van der Waals surface area contributed by atoms with Crippen LogP contribution < -0.4 is 11.2 Å². The van der Waals surface area contributed by atoms with Gasteiger partial charge in [0.15, 0.2) is 0 Å². The Morgan fingerprint density at radius 2 is 2.12 bits per heavy atom. The van der Waals surface area contributed by atoms with E-state index in [1.165, 1.54) is 0 Å². The predicted octanol–water partition coefficient (Wildman–Crippen LogP) is -0.287. The Labute approximate surface area is 148 Å². The molecule has 0 spiro atoms. The van der Waals surface area contributed by atoms with Gasteiger partial charge in [-0.05, 0) is 0 Å². The van der Waals surface area contributed by atoms with Gasteiger partial charge in [-0.15, -0.1) is 0 Å². The van der Waals surface area contributed by atoms with E-state index < -0.39 is 68.1 Å². The highest BCUT2D eigenvalue weighted by Gasteiger charge is 2.36. The van der Waals surface area contributed by atoms with Gasteiger partial charge in [0, 0.05) is 12.6 Å². The largest absolute Gasteiger partial charge is 0.391 e. The van der Waals surface area contributed by atoms with Gasteiger partial charge in [0.1, 0.15) is 12.3 Å². The van der Waals surface area contributed by atoms with Crippen molar-refractivity contribution in [2.75, 3.05) is 6.61 Å². The van der Waals surface area contributed by atoms with E-state index >= 15 is 0 Å². The third-order valence-electron chi connectivity index (χ3n) is 3.37. The third kappa shape index (κ3) is 5.50. The van der Waals surface area contributed by atoms with E-state index in [0.29, 0.717) is 0 Å². The van der Waals surface area contributed by atoms with Crippen LogP contribution in [-0.2, 0) is 38.2 Å². The molecule has 5 atom stereocenters. The molecule has 0 aliphatic carbocycles. The van der Waals surface area contributed by atoms with Gasteiger partial charge in [-0.3, -0.25) is 23.5 Å². The molecular weight excluding hydrogens is 417 g/mol. The van der Waals surface area contributed by atoms with Crippen LogP contribution in [0.25, 0.3) is 0 Å². The van der Waals surface area contributed by atoms with E-state index in [2.05, 4.69) is 8.62 Å². The number of aromatic nitrogens is 2. The van der Waals surface area contributed by atoms with Crippen LogP contribution in [0.15, 0.2) is 15.8 Å². The van der Waals surface area contributed by atoms with E-state index in [1.54, 1.807) is 0 Å². The Bertz CT molecular complexity index is 808. The summed E-state index contributed by atoms with van der Waals surface area (Å²) in [5.41, 5.74) is -1.60. The molecule has 16 heteroatoms.